The summed E-state index contributed by atoms with van der Waals surface area (Å²) in [5.41, 5.74) is -1.10. The lowest BCUT2D eigenvalue weighted by Crippen LogP contribution is -2.68. The molecule has 9 fully saturated rings. The lowest BCUT2D eigenvalue weighted by Gasteiger charge is -2.60. The minimum atomic E-state index is -5.15. The smallest absolute Gasteiger partial charge is 0.217 e. The lowest BCUT2D eigenvalue weighted by molar-refractivity contribution is -0.406. The van der Waals surface area contributed by atoms with Crippen LogP contribution in [0.15, 0.2) is 11.6 Å². The Balaban J connectivity index is 0.930. The Morgan fingerprint density at radius 3 is 1.68 bits per heavy atom. The normalized spacial score (nSPS) is 54.0. The van der Waals surface area contributed by atoms with Gasteiger partial charge in [0.25, 0.3) is 0 Å². The molecule has 0 aromatic heterocycles. The lowest BCUT2D eigenvalue weighted by atomic mass is 9.47. The van der Waals surface area contributed by atoms with Gasteiger partial charge in [-0.05, 0) is 126 Å². The summed E-state index contributed by atoms with van der Waals surface area (Å²) >= 11 is 0. The molecule has 0 radical (unpaired) electrons. The van der Waals surface area contributed by atoms with E-state index in [1.54, 1.807) is 0 Å². The molecule has 6 aliphatic heterocycles. The number of rotatable bonds is 17. The number of aliphatic hydroxyl groups excluding tert-OH is 12. The third kappa shape index (κ3) is 12.8. The molecule has 29 heteroatoms. The number of hydrogen-bond donors (Lipinski definition) is 13. The molecule has 37 atom stereocenters. The zero-order valence-electron chi connectivity index (χ0n) is 50.8. The quantitative estimate of drug-likeness (QED) is 0.0308. The number of hydrogen-bond acceptors (Lipinski definition) is 28. The van der Waals surface area contributed by atoms with Crippen molar-refractivity contribution in [1.82, 2.24) is 0 Å². The van der Waals surface area contributed by atoms with Crippen LogP contribution in [0.1, 0.15) is 114 Å². The molecular formula is C58H95O28S-. The molecule has 6 heterocycles. The van der Waals surface area contributed by atoms with E-state index in [4.69, 9.17) is 56.3 Å². The predicted octanol–water partition coefficient (Wildman–Crippen LogP) is -2.58. The maximum atomic E-state index is 12.5. The summed E-state index contributed by atoms with van der Waals surface area (Å²) in [6.45, 7) is 17.3. The van der Waals surface area contributed by atoms with Crippen molar-refractivity contribution < 1.29 is 136 Å². The summed E-state index contributed by atoms with van der Waals surface area (Å²) in [4.78, 5) is 0. The van der Waals surface area contributed by atoms with Crippen LogP contribution in [0.4, 0.5) is 0 Å². The van der Waals surface area contributed by atoms with E-state index in [9.17, 15) is 79.4 Å². The fourth-order valence-corrected chi connectivity index (χ4v) is 17.0. The summed E-state index contributed by atoms with van der Waals surface area (Å²) in [5.74, 6) is -0.278. The van der Waals surface area contributed by atoms with Crippen molar-refractivity contribution in [3.8, 4) is 0 Å². The second-order valence-corrected chi connectivity index (χ2v) is 28.8. The van der Waals surface area contributed by atoms with Gasteiger partial charge in [-0.1, -0.05) is 46.3 Å². The highest BCUT2D eigenvalue weighted by Gasteiger charge is 2.67. The van der Waals surface area contributed by atoms with Crippen LogP contribution in [0.5, 0.6) is 0 Å². The van der Waals surface area contributed by atoms with Gasteiger partial charge in [0.05, 0.1) is 54.9 Å². The zero-order valence-corrected chi connectivity index (χ0v) is 51.6. The topological polar surface area (TPSA) is 434 Å². The molecule has 0 unspecified atom stereocenters. The van der Waals surface area contributed by atoms with Gasteiger partial charge in [0.2, 0.25) is 10.4 Å². The monoisotopic (exact) mass is 1270 g/mol. The minimum Gasteiger partial charge on any atom is -0.726 e. The number of allylic oxidation sites excluding steroid dienone is 2. The number of fused-ring (bicyclic) bond motifs is 5. The van der Waals surface area contributed by atoms with Gasteiger partial charge in [0, 0.05) is 0 Å². The molecule has 6 saturated heterocycles. The van der Waals surface area contributed by atoms with Crippen LogP contribution in [0.3, 0.4) is 0 Å². The van der Waals surface area contributed by atoms with Crippen LogP contribution in [0, 0.1) is 46.3 Å². The molecule has 10 rings (SSSR count). The Labute approximate surface area is 506 Å². The highest BCUT2D eigenvalue weighted by atomic mass is 32.3. The fourth-order valence-electron chi connectivity index (χ4n) is 16.5. The molecule has 0 amide bonds. The standard InChI is InChI=1S/C58H96O28S/c1-20(2)21(3)45-50(81-45)58(10,71)33-12-11-28-27-18-31(30-17-26(86-87(72,73)74)13-15-56(30,8)29(27)14-16-57(28,33)9)79-53-44(70)47(37(63)32(19-59)80-53)83-55-49(85-52-42(68)39(65)35(61)23(5)76-52)43(69)46(25(7)78-55)82-54-48(40(66)36(62)24(6)77-54)84-51-41(67)38(64)34(60)22(4)75-51/h14,20-28,30-55,59-71H,11-13,15-19H2,1-10H3,(H,72,73,74)/p-1/t21-,22+,23+,24+,25+,26-,27-,28-,30+,31-,32+,33-,34-,35+,36-,37+,38-,39-,40-,41+,42+,43-,44+,45-,46+,47-,48+,49+,50+,51-,52-,53+,54-,55-,56+,57-,58+/m0/s1. The Kier molecular flexibility index (Phi) is 20.3. The van der Waals surface area contributed by atoms with E-state index in [2.05, 4.69) is 40.7 Å². The molecule has 28 nitrogen and oxygen atoms in total. The van der Waals surface area contributed by atoms with Crippen LogP contribution < -0.4 is 0 Å². The first-order chi connectivity index (χ1) is 40.6. The number of ether oxygens (including phenoxy) is 11. The van der Waals surface area contributed by atoms with Crippen LogP contribution >= 0.6 is 0 Å². The van der Waals surface area contributed by atoms with Crippen LogP contribution in [0.25, 0.3) is 0 Å². The Morgan fingerprint density at radius 1 is 0.598 bits per heavy atom. The first kappa shape index (κ1) is 68.5. The second-order valence-electron chi connectivity index (χ2n) is 27.8. The van der Waals surface area contributed by atoms with E-state index >= 15 is 0 Å². The van der Waals surface area contributed by atoms with Crippen molar-refractivity contribution >= 4 is 10.4 Å². The average molecular weight is 1270 g/mol. The van der Waals surface area contributed by atoms with E-state index in [0.29, 0.717) is 31.6 Å². The van der Waals surface area contributed by atoms with Gasteiger partial charge in [-0.3, -0.25) is 4.18 Å². The van der Waals surface area contributed by atoms with Crippen molar-refractivity contribution in [2.45, 2.75) is 298 Å². The number of aliphatic hydroxyl groups is 13. The van der Waals surface area contributed by atoms with Crippen LogP contribution in [-0.2, 0) is 66.7 Å². The van der Waals surface area contributed by atoms with E-state index < -0.39 is 205 Å². The summed E-state index contributed by atoms with van der Waals surface area (Å²) in [6.07, 6.45) is -39.3. The van der Waals surface area contributed by atoms with Crippen molar-refractivity contribution in [3.63, 3.8) is 0 Å². The van der Waals surface area contributed by atoms with Crippen molar-refractivity contribution in [3.05, 3.63) is 11.6 Å². The second kappa shape index (κ2) is 25.8. The average Bonchev–Trinajstić information content (AvgIpc) is 1.66. The largest absolute Gasteiger partial charge is 0.726 e. The molecule has 4 aliphatic carbocycles. The first-order valence-corrected chi connectivity index (χ1v) is 32.3. The predicted molar refractivity (Wildman–Crippen MR) is 292 cm³/mol. The summed E-state index contributed by atoms with van der Waals surface area (Å²) in [7, 11) is -5.15. The highest BCUT2D eigenvalue weighted by Crippen LogP contribution is 2.68. The van der Waals surface area contributed by atoms with Gasteiger partial charge in [-0.25, -0.2) is 8.42 Å². The van der Waals surface area contributed by atoms with Gasteiger partial charge >= 0.3 is 0 Å². The summed E-state index contributed by atoms with van der Waals surface area (Å²) in [6, 6.07) is 0. The van der Waals surface area contributed by atoms with Crippen LogP contribution in [0.2, 0.25) is 0 Å². The summed E-state index contributed by atoms with van der Waals surface area (Å²) in [5, 5.41) is 147. The maximum absolute atomic E-state index is 12.5. The van der Waals surface area contributed by atoms with E-state index in [-0.39, 0.29) is 48.7 Å². The minimum absolute atomic E-state index is 0.0178. The Hall–Kier alpha value is -1.35. The van der Waals surface area contributed by atoms with E-state index in [0.717, 1.165) is 12.0 Å². The van der Waals surface area contributed by atoms with Gasteiger partial charge in [-0.2, -0.15) is 0 Å². The van der Waals surface area contributed by atoms with Gasteiger partial charge in [-0.15, -0.1) is 0 Å². The molecule has 0 aromatic carbocycles. The maximum Gasteiger partial charge on any atom is 0.217 e. The first-order valence-electron chi connectivity index (χ1n) is 31.0. The fraction of sp³-hybridized carbons (Fsp3) is 0.966. The van der Waals surface area contributed by atoms with Crippen molar-refractivity contribution in [2.75, 3.05) is 6.61 Å². The Bertz CT molecular complexity index is 2500. The van der Waals surface area contributed by atoms with E-state index in [1.807, 2.05) is 6.92 Å². The van der Waals surface area contributed by atoms with Gasteiger partial charge in [0.15, 0.2) is 31.5 Å². The van der Waals surface area contributed by atoms with E-state index in [1.165, 1.54) is 27.7 Å². The third-order valence-electron chi connectivity index (χ3n) is 22.1. The Morgan fingerprint density at radius 2 is 1.11 bits per heavy atom. The molecule has 502 valence electrons. The zero-order chi connectivity index (χ0) is 63.6. The van der Waals surface area contributed by atoms with Crippen LogP contribution in [-0.4, -0.2) is 270 Å². The molecule has 0 bridgehead atoms. The molecule has 0 spiro atoms. The molecule has 3 saturated carbocycles. The van der Waals surface area contributed by atoms with Crippen molar-refractivity contribution in [1.29, 1.82) is 0 Å². The third-order valence-corrected chi connectivity index (χ3v) is 22.6. The highest BCUT2D eigenvalue weighted by molar-refractivity contribution is 7.80. The molecular weight excluding hydrogens is 1180 g/mol. The van der Waals surface area contributed by atoms with Gasteiger partial charge in [0.1, 0.15) is 104 Å². The SMILES string of the molecule is CC(C)[C@H](C)[C@@H]1O[C@H]1[C@](C)(O)[C@H]1CC[C@H]2[C@@H]3C[C@H](O[C@@H]4O[C@H](CO)[C@@H](O)[C@H](O[C@@H]5O[C@H](C)[C@@H](O[C@@H]6O[C@H](C)[C@H](O)[C@H](O)[C@H]6O[C@@H]6O[C@H](C)[C@H](O)[C@H](O)[C@H]6O)[C@H](O)[C@H]5O[C@@H]5O[C@H](C)[C@@H](O)[C@H](O)[C@H]5O)[C@H]4O)[C@H]4C[C@@H](OS(=O)(=O)[O-])CC[C@]4(C)C3=CC[C@]12C. The molecule has 10 aliphatic rings. The van der Waals surface area contributed by atoms with Crippen molar-refractivity contribution in [2.24, 2.45) is 46.3 Å². The number of epoxide rings is 1. The van der Waals surface area contributed by atoms with Gasteiger partial charge < -0.3 is 123 Å². The molecule has 87 heavy (non-hydrogen) atoms. The molecule has 13 N–H and O–H groups in total. The summed E-state index contributed by atoms with van der Waals surface area (Å²) < 4.78 is 109. The molecule has 0 aromatic rings.